The Labute approximate surface area is 106 Å². The molecule has 2 saturated heterocycles. The van der Waals surface area contributed by atoms with E-state index in [0.29, 0.717) is 13.1 Å². The van der Waals surface area contributed by atoms with Crippen molar-refractivity contribution in [2.24, 2.45) is 0 Å². The number of hydrogen-bond acceptors (Lipinski definition) is 5. The van der Waals surface area contributed by atoms with Gasteiger partial charge in [-0.05, 0) is 20.8 Å². The summed E-state index contributed by atoms with van der Waals surface area (Å²) in [4.78, 5) is 24.6. The van der Waals surface area contributed by atoms with Crippen molar-refractivity contribution < 1.29 is 23.8 Å². The van der Waals surface area contributed by atoms with E-state index in [9.17, 15) is 9.59 Å². The first kappa shape index (κ1) is 13.3. The van der Waals surface area contributed by atoms with Crippen molar-refractivity contribution in [3.63, 3.8) is 0 Å². The molecule has 1 amide bonds. The SMILES string of the molecule is CC(C)(C)OC(=O)N1C[C@@H]2OCC(=O)CO[C@H]2C1. The lowest BCUT2D eigenvalue weighted by atomic mass is 10.2. The van der Waals surface area contributed by atoms with Crippen LogP contribution in [0.4, 0.5) is 4.79 Å². The van der Waals surface area contributed by atoms with E-state index in [1.54, 1.807) is 4.90 Å². The molecule has 0 aromatic rings. The quantitative estimate of drug-likeness (QED) is 0.635. The van der Waals surface area contributed by atoms with Crippen molar-refractivity contribution in [3.8, 4) is 0 Å². The predicted octanol–water partition coefficient (Wildman–Crippen LogP) is 0.590. The zero-order valence-electron chi connectivity index (χ0n) is 11.0. The Morgan fingerprint density at radius 1 is 1.22 bits per heavy atom. The van der Waals surface area contributed by atoms with Gasteiger partial charge in [0.15, 0.2) is 5.78 Å². The summed E-state index contributed by atoms with van der Waals surface area (Å²) in [6.07, 6.45) is -0.831. The van der Waals surface area contributed by atoms with Crippen LogP contribution < -0.4 is 0 Å². The second-order valence-electron chi connectivity index (χ2n) is 5.62. The molecule has 2 aliphatic heterocycles. The normalized spacial score (nSPS) is 28.8. The van der Waals surface area contributed by atoms with Gasteiger partial charge in [0.1, 0.15) is 31.0 Å². The summed E-state index contributed by atoms with van der Waals surface area (Å²) in [6, 6.07) is 0. The first-order chi connectivity index (χ1) is 8.35. The number of hydrogen-bond donors (Lipinski definition) is 0. The molecule has 2 heterocycles. The molecule has 0 spiro atoms. The number of carbonyl (C=O) groups is 2. The number of nitrogens with zero attached hydrogens (tertiary/aromatic N) is 1. The number of ether oxygens (including phenoxy) is 3. The maximum absolute atomic E-state index is 11.9. The summed E-state index contributed by atoms with van der Waals surface area (Å²) >= 11 is 0. The molecule has 6 heteroatoms. The first-order valence-corrected chi connectivity index (χ1v) is 6.08. The number of amides is 1. The van der Waals surface area contributed by atoms with Gasteiger partial charge in [-0.1, -0.05) is 0 Å². The highest BCUT2D eigenvalue weighted by Crippen LogP contribution is 2.21. The summed E-state index contributed by atoms with van der Waals surface area (Å²) in [7, 11) is 0. The summed E-state index contributed by atoms with van der Waals surface area (Å²) in [5, 5.41) is 0. The maximum Gasteiger partial charge on any atom is 0.410 e. The minimum atomic E-state index is -0.514. The van der Waals surface area contributed by atoms with Crippen LogP contribution in [-0.2, 0) is 19.0 Å². The van der Waals surface area contributed by atoms with Crippen LogP contribution in [0.15, 0.2) is 0 Å². The number of fused-ring (bicyclic) bond motifs is 1. The van der Waals surface area contributed by atoms with Crippen LogP contribution in [-0.4, -0.2) is 60.9 Å². The largest absolute Gasteiger partial charge is 0.444 e. The molecule has 2 atom stereocenters. The molecular weight excluding hydrogens is 238 g/mol. The number of carbonyl (C=O) groups excluding carboxylic acids is 2. The molecule has 18 heavy (non-hydrogen) atoms. The molecule has 0 aromatic carbocycles. The fourth-order valence-corrected chi connectivity index (χ4v) is 1.98. The molecule has 0 saturated carbocycles. The van der Waals surface area contributed by atoms with Gasteiger partial charge < -0.3 is 19.1 Å². The fourth-order valence-electron chi connectivity index (χ4n) is 1.98. The van der Waals surface area contributed by atoms with Gasteiger partial charge >= 0.3 is 6.09 Å². The van der Waals surface area contributed by atoms with E-state index in [-0.39, 0.29) is 37.3 Å². The Morgan fingerprint density at radius 3 is 2.17 bits per heavy atom. The van der Waals surface area contributed by atoms with E-state index in [1.807, 2.05) is 20.8 Å². The highest BCUT2D eigenvalue weighted by atomic mass is 16.6. The lowest BCUT2D eigenvalue weighted by molar-refractivity contribution is -0.125. The third-order valence-corrected chi connectivity index (χ3v) is 2.78. The highest BCUT2D eigenvalue weighted by molar-refractivity contribution is 5.81. The van der Waals surface area contributed by atoms with Gasteiger partial charge in [-0.2, -0.15) is 0 Å². The third kappa shape index (κ3) is 3.20. The first-order valence-electron chi connectivity index (χ1n) is 6.08. The van der Waals surface area contributed by atoms with Gasteiger partial charge in [0, 0.05) is 0 Å². The zero-order valence-corrected chi connectivity index (χ0v) is 11.0. The van der Waals surface area contributed by atoms with Crippen LogP contribution >= 0.6 is 0 Å². The Morgan fingerprint density at radius 2 is 1.72 bits per heavy atom. The fraction of sp³-hybridized carbons (Fsp3) is 0.833. The second-order valence-corrected chi connectivity index (χ2v) is 5.62. The van der Waals surface area contributed by atoms with Crippen LogP contribution in [0, 0.1) is 0 Å². The van der Waals surface area contributed by atoms with Gasteiger partial charge in [-0.3, -0.25) is 4.79 Å². The van der Waals surface area contributed by atoms with E-state index in [0.717, 1.165) is 0 Å². The van der Waals surface area contributed by atoms with Gasteiger partial charge in [0.05, 0.1) is 13.1 Å². The molecule has 0 aromatic heterocycles. The standard InChI is InChI=1S/C12H19NO5/c1-12(2,3)18-11(15)13-4-9-10(5-13)17-7-8(14)6-16-9/h9-10H,4-7H2,1-3H3/t9-,10-/m0/s1. The molecule has 102 valence electrons. The van der Waals surface area contributed by atoms with Gasteiger partial charge in [0.25, 0.3) is 0 Å². The summed E-state index contributed by atoms with van der Waals surface area (Å²) < 4.78 is 16.1. The van der Waals surface area contributed by atoms with Gasteiger partial charge in [-0.15, -0.1) is 0 Å². The molecule has 2 rings (SSSR count). The molecule has 0 radical (unpaired) electrons. The molecule has 0 unspecified atom stereocenters. The van der Waals surface area contributed by atoms with Gasteiger partial charge in [0.2, 0.25) is 0 Å². The number of rotatable bonds is 0. The van der Waals surface area contributed by atoms with E-state index >= 15 is 0 Å². The molecule has 6 nitrogen and oxygen atoms in total. The van der Waals surface area contributed by atoms with Crippen LogP contribution in [0.1, 0.15) is 20.8 Å². The second kappa shape index (κ2) is 4.85. The van der Waals surface area contributed by atoms with Crippen LogP contribution in [0.5, 0.6) is 0 Å². The monoisotopic (exact) mass is 257 g/mol. The van der Waals surface area contributed by atoms with Gasteiger partial charge in [-0.25, -0.2) is 4.79 Å². The van der Waals surface area contributed by atoms with Crippen molar-refractivity contribution >= 4 is 11.9 Å². The topological polar surface area (TPSA) is 65.1 Å². The van der Waals surface area contributed by atoms with E-state index in [1.165, 1.54) is 0 Å². The Hall–Kier alpha value is -1.14. The van der Waals surface area contributed by atoms with Crippen molar-refractivity contribution in [3.05, 3.63) is 0 Å². The average Bonchev–Trinajstić information content (AvgIpc) is 2.57. The van der Waals surface area contributed by atoms with Crippen LogP contribution in [0.25, 0.3) is 0 Å². The summed E-state index contributed by atoms with van der Waals surface area (Å²) in [5.41, 5.74) is -0.514. The van der Waals surface area contributed by atoms with Crippen molar-refractivity contribution in [2.45, 2.75) is 38.6 Å². The van der Waals surface area contributed by atoms with E-state index < -0.39 is 5.60 Å². The maximum atomic E-state index is 11.9. The smallest absolute Gasteiger partial charge is 0.410 e. The van der Waals surface area contributed by atoms with E-state index in [4.69, 9.17) is 14.2 Å². The Kier molecular flexibility index (Phi) is 3.59. The van der Waals surface area contributed by atoms with E-state index in [2.05, 4.69) is 0 Å². The van der Waals surface area contributed by atoms with Crippen LogP contribution in [0.2, 0.25) is 0 Å². The summed E-state index contributed by atoms with van der Waals surface area (Å²) in [6.45, 7) is 6.41. The predicted molar refractivity (Wildman–Crippen MR) is 62.3 cm³/mol. The number of Topliss-reactive ketones (excluding diaryl/α,β-unsaturated/α-hetero) is 1. The Balaban J connectivity index is 1.92. The molecule has 0 aliphatic carbocycles. The summed E-state index contributed by atoms with van der Waals surface area (Å²) in [5.74, 6) is -0.0618. The van der Waals surface area contributed by atoms with Crippen molar-refractivity contribution in [1.29, 1.82) is 0 Å². The lowest BCUT2D eigenvalue weighted by Crippen LogP contribution is -2.36. The lowest BCUT2D eigenvalue weighted by Gasteiger charge is -2.24. The Bertz CT molecular complexity index is 331. The molecule has 0 N–H and O–H groups in total. The molecular formula is C12H19NO5. The van der Waals surface area contributed by atoms with Crippen molar-refractivity contribution in [1.82, 2.24) is 4.90 Å². The minimum Gasteiger partial charge on any atom is -0.444 e. The van der Waals surface area contributed by atoms with Crippen LogP contribution in [0.3, 0.4) is 0 Å². The molecule has 2 aliphatic rings. The highest BCUT2D eigenvalue weighted by Gasteiger charge is 2.40. The molecule has 2 fully saturated rings. The van der Waals surface area contributed by atoms with Crippen molar-refractivity contribution in [2.75, 3.05) is 26.3 Å². The molecule has 0 bridgehead atoms. The average molecular weight is 257 g/mol. The number of likely N-dealkylation sites (tertiary alicyclic amines) is 1. The number of ketones is 1. The third-order valence-electron chi connectivity index (χ3n) is 2.78. The zero-order chi connectivity index (χ0) is 13.3. The minimum absolute atomic E-state index is 0.0589.